The van der Waals surface area contributed by atoms with E-state index < -0.39 is 11.9 Å². The van der Waals surface area contributed by atoms with Crippen LogP contribution >= 0.6 is 0 Å². The second-order valence-electron chi connectivity index (χ2n) is 13.1. The van der Waals surface area contributed by atoms with Crippen molar-refractivity contribution < 1.29 is 36.9 Å². The van der Waals surface area contributed by atoms with E-state index in [4.69, 9.17) is 0 Å². The van der Waals surface area contributed by atoms with Crippen LogP contribution in [0.4, 0.5) is 0 Å². The standard InChI is InChI=1S/2C18H34O2.C6H14.Fe/c2*1-2-3-4-5-6-7-8-9-10-11-12-13-14-15-16-17-18(19)20;1-3-5-6-4-2;/h2*9-10H,2-8,11-17H2,1H3,(H,19,20);3-6H2,1-2H3;/q;;;+2/p-2. The van der Waals surface area contributed by atoms with Crippen molar-refractivity contribution in [2.24, 2.45) is 0 Å². The number of rotatable bonds is 33. The van der Waals surface area contributed by atoms with Crippen molar-refractivity contribution in [2.45, 2.75) is 233 Å². The van der Waals surface area contributed by atoms with Gasteiger partial charge in [-0.05, 0) is 77.0 Å². The molecule has 0 aromatic heterocycles. The molecular formula is C42H80FeO4. The Balaban J connectivity index is -0.000000329. The SMILES string of the molecule is CCCCCC.CCCCCCCCC=CCCCCCCCC(=O)[O-].CCCCCCCCC=CCCCCCCCC(=O)[O-].[Fe+2]. The number of aliphatic carboxylic acids is 2. The van der Waals surface area contributed by atoms with Crippen LogP contribution in [0.1, 0.15) is 233 Å². The Morgan fingerprint density at radius 2 is 0.532 bits per heavy atom. The van der Waals surface area contributed by atoms with Gasteiger partial charge >= 0.3 is 17.1 Å². The van der Waals surface area contributed by atoms with Gasteiger partial charge in [0.25, 0.3) is 0 Å². The molecule has 0 spiro atoms. The van der Waals surface area contributed by atoms with Crippen LogP contribution in [0.15, 0.2) is 24.3 Å². The minimum atomic E-state index is -0.914. The number of hydrogen-bond donors (Lipinski definition) is 0. The minimum absolute atomic E-state index is 0. The number of carbonyl (C=O) groups is 2. The molecule has 0 atom stereocenters. The van der Waals surface area contributed by atoms with Gasteiger partial charge in [0.15, 0.2) is 0 Å². The van der Waals surface area contributed by atoms with Crippen molar-refractivity contribution in [3.8, 4) is 0 Å². The molecule has 4 nitrogen and oxygen atoms in total. The Morgan fingerprint density at radius 3 is 0.766 bits per heavy atom. The van der Waals surface area contributed by atoms with Gasteiger partial charge in [0, 0.05) is 11.9 Å². The number of carboxylic acids is 2. The molecule has 0 aromatic rings. The maximum absolute atomic E-state index is 10.2. The van der Waals surface area contributed by atoms with Gasteiger partial charge in [-0.15, -0.1) is 0 Å². The van der Waals surface area contributed by atoms with Crippen molar-refractivity contribution in [1.82, 2.24) is 0 Å². The molecule has 0 radical (unpaired) electrons. The van der Waals surface area contributed by atoms with Crippen molar-refractivity contribution in [3.63, 3.8) is 0 Å². The summed E-state index contributed by atoms with van der Waals surface area (Å²) in [4.78, 5) is 20.4. The molecule has 0 unspecified atom stereocenters. The molecule has 0 aromatic carbocycles. The summed E-state index contributed by atoms with van der Waals surface area (Å²) in [5.41, 5.74) is 0. The summed E-state index contributed by atoms with van der Waals surface area (Å²) in [5, 5.41) is 20.4. The van der Waals surface area contributed by atoms with Crippen LogP contribution in [0, 0.1) is 0 Å². The van der Waals surface area contributed by atoms with Crippen molar-refractivity contribution in [2.75, 3.05) is 0 Å². The van der Waals surface area contributed by atoms with Gasteiger partial charge < -0.3 is 19.8 Å². The number of allylic oxidation sites excluding steroid dienone is 4. The normalized spacial score (nSPS) is 10.7. The largest absolute Gasteiger partial charge is 2.00 e. The van der Waals surface area contributed by atoms with E-state index >= 15 is 0 Å². The van der Waals surface area contributed by atoms with Crippen LogP contribution < -0.4 is 10.2 Å². The van der Waals surface area contributed by atoms with Crippen LogP contribution in [0.3, 0.4) is 0 Å². The molecule has 0 bridgehead atoms. The molecule has 0 fully saturated rings. The molecule has 0 saturated heterocycles. The van der Waals surface area contributed by atoms with E-state index in [9.17, 15) is 19.8 Å². The Kier molecular flexibility index (Phi) is 58.1. The predicted octanol–water partition coefficient (Wildman–Crippen LogP) is 12.1. The second kappa shape index (κ2) is 51.8. The summed E-state index contributed by atoms with van der Waals surface area (Å²) >= 11 is 0. The summed E-state index contributed by atoms with van der Waals surface area (Å²) in [7, 11) is 0. The summed E-state index contributed by atoms with van der Waals surface area (Å²) < 4.78 is 0. The fourth-order valence-corrected chi connectivity index (χ4v) is 5.18. The molecule has 280 valence electrons. The van der Waals surface area contributed by atoms with E-state index in [0.29, 0.717) is 0 Å². The fourth-order valence-electron chi connectivity index (χ4n) is 5.18. The number of carbonyl (C=O) groups excluding carboxylic acids is 2. The zero-order valence-electron chi connectivity index (χ0n) is 31.9. The first-order chi connectivity index (χ1) is 22.5. The van der Waals surface area contributed by atoms with Crippen LogP contribution in [-0.4, -0.2) is 11.9 Å². The molecule has 0 saturated carbocycles. The van der Waals surface area contributed by atoms with Gasteiger partial charge in [0.05, 0.1) is 0 Å². The zero-order valence-corrected chi connectivity index (χ0v) is 33.0. The van der Waals surface area contributed by atoms with Gasteiger partial charge in [-0.1, -0.05) is 180 Å². The summed E-state index contributed by atoms with van der Waals surface area (Å²) in [6, 6.07) is 0. The third-order valence-corrected chi connectivity index (χ3v) is 8.24. The number of unbranched alkanes of at least 4 members (excludes halogenated alkanes) is 25. The number of carboxylic acid groups (broad SMARTS) is 2. The van der Waals surface area contributed by atoms with Crippen LogP contribution in [0.25, 0.3) is 0 Å². The quantitative estimate of drug-likeness (QED) is 0.0387. The van der Waals surface area contributed by atoms with E-state index in [1.807, 2.05) is 0 Å². The first-order valence-electron chi connectivity index (χ1n) is 20.2. The molecular weight excluding hydrogens is 624 g/mol. The van der Waals surface area contributed by atoms with E-state index in [-0.39, 0.29) is 29.9 Å². The van der Waals surface area contributed by atoms with E-state index in [1.165, 1.54) is 154 Å². The molecule has 0 aliphatic heterocycles. The Bertz CT molecular complexity index is 578. The van der Waals surface area contributed by atoms with Gasteiger partial charge in [-0.25, -0.2) is 0 Å². The molecule has 47 heavy (non-hydrogen) atoms. The molecule has 0 N–H and O–H groups in total. The van der Waals surface area contributed by atoms with E-state index in [1.54, 1.807) is 0 Å². The minimum Gasteiger partial charge on any atom is -0.550 e. The van der Waals surface area contributed by atoms with Crippen molar-refractivity contribution in [1.29, 1.82) is 0 Å². The first-order valence-corrected chi connectivity index (χ1v) is 20.2. The van der Waals surface area contributed by atoms with Gasteiger partial charge in [0.2, 0.25) is 0 Å². The zero-order chi connectivity index (χ0) is 34.6. The average Bonchev–Trinajstić information content (AvgIpc) is 3.04. The van der Waals surface area contributed by atoms with E-state index in [2.05, 4.69) is 52.0 Å². The van der Waals surface area contributed by atoms with Crippen molar-refractivity contribution in [3.05, 3.63) is 24.3 Å². The van der Waals surface area contributed by atoms with Crippen LogP contribution in [0.2, 0.25) is 0 Å². The molecule has 0 aliphatic rings. The summed E-state index contributed by atoms with van der Waals surface area (Å²) in [6.07, 6.45) is 47.3. The third kappa shape index (κ3) is 64.2. The first kappa shape index (κ1) is 52.7. The predicted molar refractivity (Wildman–Crippen MR) is 199 cm³/mol. The van der Waals surface area contributed by atoms with Gasteiger partial charge in [-0.2, -0.15) is 0 Å². The van der Waals surface area contributed by atoms with E-state index in [0.717, 1.165) is 38.5 Å². The molecule has 0 aliphatic carbocycles. The summed E-state index contributed by atoms with van der Waals surface area (Å²) in [5.74, 6) is -1.83. The van der Waals surface area contributed by atoms with Gasteiger partial charge in [0.1, 0.15) is 0 Å². The number of hydrogen-bond acceptors (Lipinski definition) is 4. The maximum atomic E-state index is 10.2. The van der Waals surface area contributed by atoms with Crippen LogP contribution in [-0.2, 0) is 26.7 Å². The van der Waals surface area contributed by atoms with Gasteiger partial charge in [-0.3, -0.25) is 0 Å². The molecule has 0 rings (SSSR count). The third-order valence-electron chi connectivity index (χ3n) is 8.24. The molecule has 0 heterocycles. The monoisotopic (exact) mass is 705 g/mol. The smallest absolute Gasteiger partial charge is 0.550 e. The summed E-state index contributed by atoms with van der Waals surface area (Å²) in [6.45, 7) is 8.98. The maximum Gasteiger partial charge on any atom is 2.00 e. The Hall–Kier alpha value is -1.06. The Labute approximate surface area is 305 Å². The average molecular weight is 705 g/mol. The topological polar surface area (TPSA) is 80.3 Å². The molecule has 0 amide bonds. The fraction of sp³-hybridized carbons (Fsp3) is 0.857. The van der Waals surface area contributed by atoms with Crippen LogP contribution in [0.5, 0.6) is 0 Å². The Morgan fingerprint density at radius 1 is 0.340 bits per heavy atom. The van der Waals surface area contributed by atoms with Crippen molar-refractivity contribution >= 4 is 11.9 Å². The second-order valence-corrected chi connectivity index (χ2v) is 13.1. The molecule has 5 heteroatoms.